The molecule has 1 aliphatic rings. The Bertz CT molecular complexity index is 1240. The molecule has 212 valence electrons. The van der Waals surface area contributed by atoms with Crippen molar-refractivity contribution in [2.75, 3.05) is 32.2 Å². The number of ether oxygens (including phenoxy) is 4. The maximum atomic E-state index is 14.2. The highest BCUT2D eigenvalue weighted by Crippen LogP contribution is 2.37. The van der Waals surface area contributed by atoms with Gasteiger partial charge in [-0.15, -0.1) is 11.3 Å². The number of aryl methyl sites for hydroxylation is 1. The van der Waals surface area contributed by atoms with Crippen LogP contribution in [0.1, 0.15) is 61.2 Å². The number of carbonyl (C=O) groups excluding carboxylic acids is 1. The lowest BCUT2D eigenvalue weighted by atomic mass is 9.95. The van der Waals surface area contributed by atoms with Crippen molar-refractivity contribution in [3.8, 4) is 5.75 Å². The number of fused-ring (bicyclic) bond motifs is 1. The minimum absolute atomic E-state index is 0.0209. The van der Waals surface area contributed by atoms with E-state index in [0.29, 0.717) is 53.1 Å². The van der Waals surface area contributed by atoms with Crippen LogP contribution in [-0.2, 0) is 14.2 Å². The summed E-state index contributed by atoms with van der Waals surface area (Å²) >= 11 is 1.30. The number of methoxy groups -OCH3 is 1. The fraction of sp³-hybridized carbons (Fsp3) is 0.536. The number of nitrogens with one attached hydrogen (secondary N) is 2. The summed E-state index contributed by atoms with van der Waals surface area (Å²) in [7, 11) is 1.73. The molecule has 0 spiro atoms. The lowest BCUT2D eigenvalue weighted by Gasteiger charge is -2.28. The van der Waals surface area contributed by atoms with E-state index in [-0.39, 0.29) is 30.2 Å². The fourth-order valence-electron chi connectivity index (χ4n) is 4.74. The van der Waals surface area contributed by atoms with E-state index in [9.17, 15) is 9.18 Å². The lowest BCUT2D eigenvalue weighted by Crippen LogP contribution is -2.29. The Balaban J connectivity index is 1.50. The first kappa shape index (κ1) is 29.1. The van der Waals surface area contributed by atoms with Crippen molar-refractivity contribution in [1.82, 2.24) is 15.3 Å². The van der Waals surface area contributed by atoms with Gasteiger partial charge in [0.25, 0.3) is 5.91 Å². The molecule has 1 saturated carbocycles. The van der Waals surface area contributed by atoms with Crippen molar-refractivity contribution in [3.63, 3.8) is 0 Å². The first-order chi connectivity index (χ1) is 18.9. The molecule has 4 rings (SSSR count). The van der Waals surface area contributed by atoms with Crippen LogP contribution in [0.2, 0.25) is 0 Å². The minimum atomic E-state index is -0.379. The number of rotatable bonds is 13. The topological polar surface area (TPSA) is 104 Å². The maximum Gasteiger partial charge on any atom is 0.261 e. The predicted octanol–water partition coefficient (Wildman–Crippen LogP) is 5.74. The van der Waals surface area contributed by atoms with Crippen molar-refractivity contribution in [2.24, 2.45) is 0 Å². The summed E-state index contributed by atoms with van der Waals surface area (Å²) in [6.07, 6.45) is 5.35. The van der Waals surface area contributed by atoms with E-state index < -0.39 is 0 Å². The van der Waals surface area contributed by atoms with Crippen LogP contribution in [-0.4, -0.2) is 61.2 Å². The summed E-state index contributed by atoms with van der Waals surface area (Å²) in [6.45, 7) is 7.19. The molecule has 0 bridgehead atoms. The van der Waals surface area contributed by atoms with Crippen molar-refractivity contribution in [1.29, 1.82) is 0 Å². The van der Waals surface area contributed by atoms with Crippen LogP contribution in [0.5, 0.6) is 5.75 Å². The Hall–Kier alpha value is -2.86. The molecule has 2 aromatic heterocycles. The maximum absolute atomic E-state index is 14.2. The van der Waals surface area contributed by atoms with Crippen molar-refractivity contribution in [2.45, 2.75) is 71.4 Å². The number of anilines is 2. The van der Waals surface area contributed by atoms with Gasteiger partial charge in [0, 0.05) is 39.4 Å². The van der Waals surface area contributed by atoms with Crippen LogP contribution in [0.3, 0.4) is 0 Å². The largest absolute Gasteiger partial charge is 0.488 e. The van der Waals surface area contributed by atoms with Gasteiger partial charge in [0.15, 0.2) is 6.29 Å². The third-order valence-electron chi connectivity index (χ3n) is 6.75. The van der Waals surface area contributed by atoms with Gasteiger partial charge in [0.2, 0.25) is 0 Å². The second kappa shape index (κ2) is 14.0. The average molecular weight is 561 g/mol. The lowest BCUT2D eigenvalue weighted by molar-refractivity contribution is -0.138. The number of hydrogen-bond donors (Lipinski definition) is 2. The number of hydrogen-bond acceptors (Lipinski definition) is 9. The molecule has 9 nitrogen and oxygen atoms in total. The van der Waals surface area contributed by atoms with Crippen LogP contribution in [0.25, 0.3) is 10.2 Å². The second-order valence-electron chi connectivity index (χ2n) is 9.36. The molecule has 0 radical (unpaired) electrons. The van der Waals surface area contributed by atoms with Gasteiger partial charge >= 0.3 is 0 Å². The number of halogens is 1. The Morgan fingerprint density at radius 1 is 1.13 bits per heavy atom. The zero-order chi connectivity index (χ0) is 27.8. The van der Waals surface area contributed by atoms with Gasteiger partial charge in [0.05, 0.1) is 28.2 Å². The smallest absolute Gasteiger partial charge is 0.261 e. The Morgan fingerprint density at radius 2 is 1.85 bits per heavy atom. The molecule has 3 aromatic rings. The van der Waals surface area contributed by atoms with Gasteiger partial charge in [-0.3, -0.25) is 4.79 Å². The fourth-order valence-corrected chi connectivity index (χ4v) is 5.81. The van der Waals surface area contributed by atoms with Crippen molar-refractivity contribution in [3.05, 3.63) is 40.8 Å². The number of carbonyl (C=O) groups is 1. The van der Waals surface area contributed by atoms with Crippen molar-refractivity contribution >= 4 is 39.0 Å². The average Bonchev–Trinajstić information content (AvgIpc) is 3.28. The van der Waals surface area contributed by atoms with Gasteiger partial charge in [-0.2, -0.15) is 0 Å². The SMILES string of the molecule is CCOC(CCNC(=O)c1sc2ncnc(Nc3ccc(F)cc3O[C@H]3CC[C@H](OC)CC3)c2c1C)OCC. The van der Waals surface area contributed by atoms with E-state index in [1.165, 1.54) is 29.8 Å². The molecular formula is C28H37FN4O5S. The third-order valence-corrected chi connectivity index (χ3v) is 7.95. The highest BCUT2D eigenvalue weighted by Gasteiger charge is 2.24. The van der Waals surface area contributed by atoms with Crippen LogP contribution in [0.4, 0.5) is 15.9 Å². The van der Waals surface area contributed by atoms with Crippen LogP contribution >= 0.6 is 11.3 Å². The number of nitrogens with zero attached hydrogens (tertiary/aromatic N) is 2. The molecule has 1 aliphatic carbocycles. The second-order valence-corrected chi connectivity index (χ2v) is 10.4. The Labute approximate surface area is 232 Å². The first-order valence-electron chi connectivity index (χ1n) is 13.4. The molecule has 1 fully saturated rings. The summed E-state index contributed by atoms with van der Waals surface area (Å²) in [5.41, 5.74) is 1.36. The van der Waals surface area contributed by atoms with Gasteiger partial charge in [-0.25, -0.2) is 14.4 Å². The Morgan fingerprint density at radius 3 is 2.54 bits per heavy atom. The normalized spacial score (nSPS) is 17.5. The first-order valence-corrected chi connectivity index (χ1v) is 14.3. The molecule has 2 heterocycles. The number of thiophene rings is 1. The number of benzene rings is 1. The molecule has 39 heavy (non-hydrogen) atoms. The molecule has 0 saturated heterocycles. The van der Waals surface area contributed by atoms with Gasteiger partial charge in [-0.1, -0.05) is 0 Å². The third kappa shape index (κ3) is 7.42. The van der Waals surface area contributed by atoms with E-state index >= 15 is 0 Å². The molecule has 2 N–H and O–H groups in total. The highest BCUT2D eigenvalue weighted by atomic mass is 32.1. The van der Waals surface area contributed by atoms with E-state index in [1.54, 1.807) is 13.2 Å². The monoisotopic (exact) mass is 560 g/mol. The summed E-state index contributed by atoms with van der Waals surface area (Å²) in [5, 5.41) is 7.00. The number of aromatic nitrogens is 2. The van der Waals surface area contributed by atoms with Crippen LogP contribution in [0, 0.1) is 12.7 Å². The summed E-state index contributed by atoms with van der Waals surface area (Å²) in [5.74, 6) is 0.382. The van der Waals surface area contributed by atoms with Gasteiger partial charge in [-0.05, 0) is 64.2 Å². The van der Waals surface area contributed by atoms with Crippen LogP contribution < -0.4 is 15.4 Å². The molecule has 0 aliphatic heterocycles. The molecule has 0 unspecified atom stereocenters. The standard InChI is InChI=1S/C28H37FN4O5S/c1-5-36-23(37-6-2)13-14-30-27(34)25-17(3)24-26(31-16-32-28(24)39-25)33-21-12-7-18(29)15-22(21)38-20-10-8-19(35-4)9-11-20/h7,12,15-16,19-20,23H,5-6,8-11,13-14H2,1-4H3,(H,30,34)(H,31,32,33)/t19-,20-. The molecule has 1 amide bonds. The summed E-state index contributed by atoms with van der Waals surface area (Å²) in [4.78, 5) is 23.1. The van der Waals surface area contributed by atoms with Gasteiger partial charge in [0.1, 0.15) is 28.5 Å². The van der Waals surface area contributed by atoms with Gasteiger partial charge < -0.3 is 29.6 Å². The van der Waals surface area contributed by atoms with E-state index in [2.05, 4.69) is 20.6 Å². The predicted molar refractivity (Wildman–Crippen MR) is 150 cm³/mol. The Kier molecular flexibility index (Phi) is 10.4. The summed E-state index contributed by atoms with van der Waals surface area (Å²) in [6, 6.07) is 4.41. The van der Waals surface area contributed by atoms with Crippen molar-refractivity contribution < 1.29 is 28.1 Å². The molecule has 11 heteroatoms. The zero-order valence-corrected chi connectivity index (χ0v) is 23.7. The molecule has 1 aromatic carbocycles. The highest BCUT2D eigenvalue weighted by molar-refractivity contribution is 7.20. The summed E-state index contributed by atoms with van der Waals surface area (Å²) < 4.78 is 37.0. The van der Waals surface area contributed by atoms with Crippen LogP contribution in [0.15, 0.2) is 24.5 Å². The zero-order valence-electron chi connectivity index (χ0n) is 22.9. The van der Waals surface area contributed by atoms with E-state index in [0.717, 1.165) is 36.6 Å². The minimum Gasteiger partial charge on any atom is -0.488 e. The molecule has 0 atom stereocenters. The number of amides is 1. The molecular weight excluding hydrogens is 523 g/mol. The van der Waals surface area contributed by atoms with E-state index in [4.69, 9.17) is 18.9 Å². The quantitative estimate of drug-likeness (QED) is 0.255. The van der Waals surface area contributed by atoms with E-state index in [1.807, 2.05) is 20.8 Å².